The van der Waals surface area contributed by atoms with Crippen molar-refractivity contribution in [2.45, 2.75) is 26.2 Å². The van der Waals surface area contributed by atoms with Crippen LogP contribution in [0.5, 0.6) is 5.75 Å². The van der Waals surface area contributed by atoms with Crippen molar-refractivity contribution in [2.24, 2.45) is 0 Å². The van der Waals surface area contributed by atoms with Crippen LogP contribution in [0.4, 0.5) is 11.6 Å². The maximum Gasteiger partial charge on any atom is 0.253 e. The lowest BCUT2D eigenvalue weighted by Crippen LogP contribution is -2.47. The first-order chi connectivity index (χ1) is 17.9. The van der Waals surface area contributed by atoms with Gasteiger partial charge < -0.3 is 19.9 Å². The van der Waals surface area contributed by atoms with E-state index in [2.05, 4.69) is 27.2 Å². The van der Waals surface area contributed by atoms with Crippen molar-refractivity contribution >= 4 is 34.9 Å². The highest BCUT2D eigenvalue weighted by Crippen LogP contribution is 2.31. The average molecular weight is 522 g/mol. The van der Waals surface area contributed by atoms with Gasteiger partial charge >= 0.3 is 0 Å². The molecule has 1 fully saturated rings. The van der Waals surface area contributed by atoms with Crippen LogP contribution in [0.15, 0.2) is 48.8 Å². The van der Waals surface area contributed by atoms with Gasteiger partial charge in [-0.3, -0.25) is 9.59 Å². The summed E-state index contributed by atoms with van der Waals surface area (Å²) in [5, 5.41) is 3.70. The molecule has 0 unspecified atom stereocenters. The molecule has 9 heteroatoms. The monoisotopic (exact) mass is 521 g/mol. The molecule has 37 heavy (non-hydrogen) atoms. The number of amides is 1. The predicted octanol–water partition coefficient (Wildman–Crippen LogP) is 4.65. The molecule has 2 heterocycles. The molecule has 1 N–H and O–H groups in total. The van der Waals surface area contributed by atoms with E-state index in [1.807, 2.05) is 42.2 Å². The third-order valence-electron chi connectivity index (χ3n) is 6.54. The smallest absolute Gasteiger partial charge is 0.253 e. The maximum atomic E-state index is 12.7. The highest BCUT2D eigenvalue weighted by molar-refractivity contribution is 6.33. The van der Waals surface area contributed by atoms with E-state index in [-0.39, 0.29) is 11.7 Å². The zero-order valence-corrected chi connectivity index (χ0v) is 22.2. The van der Waals surface area contributed by atoms with E-state index in [1.165, 1.54) is 0 Å². The molecular formula is C28H32ClN5O3. The van der Waals surface area contributed by atoms with Crippen molar-refractivity contribution in [1.29, 1.82) is 0 Å². The summed E-state index contributed by atoms with van der Waals surface area (Å²) >= 11 is 6.49. The molecule has 0 spiro atoms. The third-order valence-corrected chi connectivity index (χ3v) is 6.97. The Morgan fingerprint density at radius 2 is 1.68 bits per heavy atom. The Hall–Kier alpha value is -3.49. The minimum Gasteiger partial charge on any atom is -0.495 e. The van der Waals surface area contributed by atoms with Gasteiger partial charge in [-0.25, -0.2) is 9.97 Å². The number of ether oxygens (including phenoxy) is 1. The molecule has 1 aliphatic rings. The van der Waals surface area contributed by atoms with Gasteiger partial charge in [-0.05, 0) is 67.4 Å². The number of anilines is 2. The Kier molecular flexibility index (Phi) is 8.74. The van der Waals surface area contributed by atoms with Crippen molar-refractivity contribution in [2.75, 3.05) is 45.7 Å². The Bertz CT molecular complexity index is 1240. The fourth-order valence-corrected chi connectivity index (χ4v) is 4.48. The van der Waals surface area contributed by atoms with Crippen LogP contribution in [0.3, 0.4) is 0 Å². The third kappa shape index (κ3) is 6.64. The number of benzene rings is 2. The molecule has 0 aliphatic carbocycles. The summed E-state index contributed by atoms with van der Waals surface area (Å²) < 4.78 is 5.36. The van der Waals surface area contributed by atoms with Gasteiger partial charge in [-0.15, -0.1) is 0 Å². The number of nitrogens with one attached hydrogen (secondary N) is 1. The minimum atomic E-state index is 0.0479. The zero-order chi connectivity index (χ0) is 26.4. The molecule has 1 aliphatic heterocycles. The lowest BCUT2D eigenvalue weighted by atomic mass is 10.0. The van der Waals surface area contributed by atoms with Crippen LogP contribution in [0.25, 0.3) is 0 Å². The molecule has 0 atom stereocenters. The molecule has 0 radical (unpaired) electrons. The number of halogens is 1. The quantitative estimate of drug-likeness (QED) is 0.410. The van der Waals surface area contributed by atoms with Crippen molar-refractivity contribution in [3.63, 3.8) is 0 Å². The molecule has 4 rings (SSSR count). The Morgan fingerprint density at radius 3 is 2.30 bits per heavy atom. The molecule has 194 valence electrons. The number of aryl methyl sites for hydroxylation is 2. The van der Waals surface area contributed by atoms with Gasteiger partial charge in [-0.2, -0.15) is 0 Å². The number of nitrogens with zero attached hydrogens (tertiary/aromatic N) is 4. The fourth-order valence-electron chi connectivity index (χ4n) is 4.20. The summed E-state index contributed by atoms with van der Waals surface area (Å²) in [6.07, 6.45) is 5.25. The summed E-state index contributed by atoms with van der Waals surface area (Å²) in [7, 11) is 3.61. The van der Waals surface area contributed by atoms with E-state index >= 15 is 0 Å². The fraction of sp³-hybridized carbons (Fsp3) is 0.357. The first-order valence-electron chi connectivity index (χ1n) is 12.4. The van der Waals surface area contributed by atoms with Gasteiger partial charge in [0.15, 0.2) is 5.78 Å². The van der Waals surface area contributed by atoms with E-state index in [0.717, 1.165) is 43.0 Å². The van der Waals surface area contributed by atoms with Crippen LogP contribution in [-0.4, -0.2) is 71.8 Å². The number of piperazine rings is 1. The van der Waals surface area contributed by atoms with Gasteiger partial charge in [0, 0.05) is 61.8 Å². The molecule has 8 nitrogen and oxygen atoms in total. The molecule has 2 aromatic carbocycles. The summed E-state index contributed by atoms with van der Waals surface area (Å²) in [6, 6.07) is 10.9. The number of carbonyl (C=O) groups is 2. The normalized spacial score (nSPS) is 13.9. The summed E-state index contributed by atoms with van der Waals surface area (Å²) in [4.78, 5) is 37.9. The Morgan fingerprint density at radius 1 is 1.00 bits per heavy atom. The standard InChI is InChI=1S/C28H32ClN5O3/c1-4-24(35)22-15-21(26(29)25(16-22)37-3)6-5-19-17-30-28(31-18-19)32-23-9-7-20(8-10-23)27(36)34-13-11-33(2)12-14-34/h7-10,15-18H,4-6,11-14H2,1-3H3,(H,30,31,32). The summed E-state index contributed by atoms with van der Waals surface area (Å²) in [6.45, 7) is 5.11. The van der Waals surface area contributed by atoms with E-state index in [9.17, 15) is 9.59 Å². The summed E-state index contributed by atoms with van der Waals surface area (Å²) in [5.74, 6) is 1.08. The topological polar surface area (TPSA) is 87.7 Å². The van der Waals surface area contributed by atoms with Crippen molar-refractivity contribution < 1.29 is 14.3 Å². The molecule has 1 amide bonds. The van der Waals surface area contributed by atoms with Gasteiger partial charge in [-0.1, -0.05) is 18.5 Å². The van der Waals surface area contributed by atoms with Gasteiger partial charge in [0.25, 0.3) is 5.91 Å². The first-order valence-corrected chi connectivity index (χ1v) is 12.8. The van der Waals surface area contributed by atoms with E-state index in [0.29, 0.717) is 47.1 Å². The second-order valence-electron chi connectivity index (χ2n) is 9.14. The number of likely N-dealkylation sites (N-methyl/N-ethyl adjacent to an activating group) is 1. The minimum absolute atomic E-state index is 0.0479. The lowest BCUT2D eigenvalue weighted by molar-refractivity contribution is 0.0664. The number of aromatic nitrogens is 2. The van der Waals surface area contributed by atoms with Gasteiger partial charge in [0.05, 0.1) is 12.1 Å². The number of rotatable bonds is 9. The zero-order valence-electron chi connectivity index (χ0n) is 21.5. The lowest BCUT2D eigenvalue weighted by Gasteiger charge is -2.32. The molecule has 0 saturated carbocycles. The Labute approximate surface area is 222 Å². The molecule has 1 aromatic heterocycles. The predicted molar refractivity (Wildman–Crippen MR) is 145 cm³/mol. The van der Waals surface area contributed by atoms with E-state index < -0.39 is 0 Å². The summed E-state index contributed by atoms with van der Waals surface area (Å²) in [5.41, 5.74) is 3.88. The first kappa shape index (κ1) is 26.6. The number of hydrogen-bond acceptors (Lipinski definition) is 7. The van der Waals surface area contributed by atoms with Crippen molar-refractivity contribution in [3.05, 3.63) is 76.1 Å². The van der Waals surface area contributed by atoms with Crippen LogP contribution in [0.1, 0.15) is 45.2 Å². The largest absolute Gasteiger partial charge is 0.495 e. The average Bonchev–Trinajstić information content (AvgIpc) is 2.93. The second-order valence-corrected chi connectivity index (χ2v) is 9.52. The van der Waals surface area contributed by atoms with Crippen LogP contribution in [0.2, 0.25) is 5.02 Å². The number of Topliss-reactive ketones (excluding diaryl/α,β-unsaturated/α-hetero) is 1. The van der Waals surface area contributed by atoms with Crippen LogP contribution in [-0.2, 0) is 12.8 Å². The SMILES string of the molecule is CCC(=O)c1cc(CCc2cnc(Nc3ccc(C(=O)N4CCN(C)CC4)cc3)nc2)c(Cl)c(OC)c1. The van der Waals surface area contributed by atoms with Crippen molar-refractivity contribution in [3.8, 4) is 5.75 Å². The molecule has 3 aromatic rings. The maximum absolute atomic E-state index is 12.7. The highest BCUT2D eigenvalue weighted by atomic mass is 35.5. The Balaban J connectivity index is 1.35. The van der Waals surface area contributed by atoms with Crippen LogP contribution < -0.4 is 10.1 Å². The van der Waals surface area contributed by atoms with Crippen molar-refractivity contribution in [1.82, 2.24) is 19.8 Å². The number of carbonyl (C=O) groups excluding carboxylic acids is 2. The molecule has 1 saturated heterocycles. The molecule has 0 bridgehead atoms. The number of hydrogen-bond donors (Lipinski definition) is 1. The molecular weight excluding hydrogens is 490 g/mol. The van der Waals surface area contributed by atoms with E-state index in [1.54, 1.807) is 25.6 Å². The van der Waals surface area contributed by atoms with Gasteiger partial charge in [0.2, 0.25) is 5.95 Å². The number of ketones is 1. The highest BCUT2D eigenvalue weighted by Gasteiger charge is 2.20. The van der Waals surface area contributed by atoms with E-state index in [4.69, 9.17) is 16.3 Å². The van der Waals surface area contributed by atoms with Crippen LogP contribution in [0, 0.1) is 0 Å². The number of methoxy groups -OCH3 is 1. The van der Waals surface area contributed by atoms with Gasteiger partial charge in [0.1, 0.15) is 5.75 Å². The second kappa shape index (κ2) is 12.2. The van der Waals surface area contributed by atoms with Crippen LogP contribution >= 0.6 is 11.6 Å².